The molecule has 0 saturated heterocycles. The zero-order valence-corrected chi connectivity index (χ0v) is 10.7. The van der Waals surface area contributed by atoms with Crippen LogP contribution in [0.3, 0.4) is 0 Å². The molecule has 0 saturated carbocycles. The number of nitro groups is 1. The van der Waals surface area contributed by atoms with Crippen molar-refractivity contribution >= 4 is 31.6 Å². The van der Waals surface area contributed by atoms with Crippen molar-refractivity contribution in [1.82, 2.24) is 0 Å². The first-order valence-electron chi connectivity index (χ1n) is 4.18. The van der Waals surface area contributed by atoms with Crippen LogP contribution in [0, 0.1) is 10.1 Å². The Balaban J connectivity index is 3.49. The molecule has 0 amide bonds. The Morgan fingerprint density at radius 3 is 2.44 bits per heavy atom. The summed E-state index contributed by atoms with van der Waals surface area (Å²) in [7, 11) is -3.87. The molecule has 0 aliphatic rings. The molecule has 2 N–H and O–H groups in total. The van der Waals surface area contributed by atoms with Gasteiger partial charge >= 0.3 is 0 Å². The summed E-state index contributed by atoms with van der Waals surface area (Å²) >= 11 is 3.17. The lowest BCUT2D eigenvalue weighted by Crippen LogP contribution is -2.15. The molecule has 0 aliphatic heterocycles. The zero-order chi connectivity index (χ0) is 12.5. The van der Waals surface area contributed by atoms with Crippen molar-refractivity contribution in [3.8, 4) is 0 Å². The van der Waals surface area contributed by atoms with E-state index in [1.165, 1.54) is 6.07 Å². The van der Waals surface area contributed by atoms with E-state index in [0.717, 1.165) is 12.1 Å². The van der Waals surface area contributed by atoms with E-state index >= 15 is 0 Å². The van der Waals surface area contributed by atoms with Crippen LogP contribution in [0.1, 0.15) is 17.3 Å². The maximum absolute atomic E-state index is 11.2. The van der Waals surface area contributed by atoms with Gasteiger partial charge in [-0.05, 0) is 18.6 Å². The summed E-state index contributed by atoms with van der Waals surface area (Å²) < 4.78 is 22.5. The lowest BCUT2D eigenvalue weighted by atomic mass is 10.1. The number of nitro benzene ring substituents is 1. The topological polar surface area (TPSA) is 103 Å². The number of halogens is 1. The number of nitrogens with zero attached hydrogens (tertiary/aromatic N) is 1. The first-order chi connectivity index (χ1) is 7.23. The van der Waals surface area contributed by atoms with Crippen molar-refractivity contribution in [2.75, 3.05) is 0 Å². The predicted octanol–water partition coefficient (Wildman–Crippen LogP) is 1.70. The minimum atomic E-state index is -3.87. The highest BCUT2D eigenvalue weighted by molar-refractivity contribution is 9.09. The number of primary sulfonamides is 1. The number of hydrogen-bond donors (Lipinski definition) is 1. The van der Waals surface area contributed by atoms with Crippen molar-refractivity contribution in [3.63, 3.8) is 0 Å². The third-order valence-corrected chi connectivity index (χ3v) is 3.42. The lowest BCUT2D eigenvalue weighted by molar-refractivity contribution is -0.385. The number of benzene rings is 1. The minimum Gasteiger partial charge on any atom is -0.258 e. The number of sulfonamides is 1. The summed E-state index contributed by atoms with van der Waals surface area (Å²) in [6.45, 7) is 1.66. The van der Waals surface area contributed by atoms with E-state index in [1.54, 1.807) is 6.92 Å². The van der Waals surface area contributed by atoms with E-state index < -0.39 is 14.9 Å². The molecule has 1 aromatic rings. The molecule has 0 aromatic heterocycles. The van der Waals surface area contributed by atoms with E-state index in [9.17, 15) is 18.5 Å². The summed E-state index contributed by atoms with van der Waals surface area (Å²) in [4.78, 5) is 9.50. The van der Waals surface area contributed by atoms with Gasteiger partial charge < -0.3 is 0 Å². The number of non-ortho nitro benzene ring substituents is 1. The van der Waals surface area contributed by atoms with Crippen LogP contribution in [0.2, 0.25) is 0 Å². The fourth-order valence-corrected chi connectivity index (χ4v) is 2.57. The van der Waals surface area contributed by atoms with Crippen molar-refractivity contribution in [2.24, 2.45) is 5.14 Å². The summed E-state index contributed by atoms with van der Waals surface area (Å²) in [6, 6.07) is 3.44. The maximum Gasteiger partial charge on any atom is 0.269 e. The molecule has 0 aliphatic carbocycles. The van der Waals surface area contributed by atoms with Gasteiger partial charge in [-0.2, -0.15) is 0 Å². The number of alkyl halides is 1. The number of nitrogens with two attached hydrogens (primary N) is 1. The summed E-state index contributed by atoms with van der Waals surface area (Å²) in [6.07, 6.45) is 0. The molecule has 1 aromatic carbocycles. The Morgan fingerprint density at radius 2 is 2.06 bits per heavy atom. The van der Waals surface area contributed by atoms with Crippen LogP contribution in [0.25, 0.3) is 0 Å². The quantitative estimate of drug-likeness (QED) is 0.521. The summed E-state index contributed by atoms with van der Waals surface area (Å²) in [5.74, 6) is 0. The Labute approximate surface area is 101 Å². The van der Waals surface area contributed by atoms with Gasteiger partial charge in [0.25, 0.3) is 5.69 Å². The van der Waals surface area contributed by atoms with Crippen LogP contribution in [-0.2, 0) is 10.0 Å². The van der Waals surface area contributed by atoms with E-state index in [4.69, 9.17) is 5.14 Å². The standard InChI is InChI=1S/C8H9BrN2O4S/c1-5(9)7-4-6(11(12)13)2-3-8(7)16(10,14)15/h2-5H,1H3,(H2,10,14,15). The molecule has 8 heteroatoms. The van der Waals surface area contributed by atoms with Crippen LogP contribution in [0.15, 0.2) is 23.1 Å². The first kappa shape index (κ1) is 13.1. The highest BCUT2D eigenvalue weighted by atomic mass is 79.9. The highest BCUT2D eigenvalue weighted by Crippen LogP contribution is 2.30. The van der Waals surface area contributed by atoms with Gasteiger partial charge in [-0.1, -0.05) is 15.9 Å². The van der Waals surface area contributed by atoms with Crippen LogP contribution < -0.4 is 5.14 Å². The average Bonchev–Trinajstić information content (AvgIpc) is 2.15. The van der Waals surface area contributed by atoms with Gasteiger partial charge in [0.1, 0.15) is 0 Å². The van der Waals surface area contributed by atoms with E-state index in [2.05, 4.69) is 15.9 Å². The molecule has 1 atom stereocenters. The van der Waals surface area contributed by atoms with E-state index in [0.29, 0.717) is 0 Å². The maximum atomic E-state index is 11.2. The predicted molar refractivity (Wildman–Crippen MR) is 61.8 cm³/mol. The summed E-state index contributed by atoms with van der Waals surface area (Å²) in [5, 5.41) is 15.5. The molecule has 6 nitrogen and oxygen atoms in total. The van der Waals surface area contributed by atoms with E-state index in [-0.39, 0.29) is 21.0 Å². The molecule has 88 valence electrons. The van der Waals surface area contributed by atoms with Gasteiger partial charge in [-0.25, -0.2) is 13.6 Å². The van der Waals surface area contributed by atoms with Crippen LogP contribution in [0.4, 0.5) is 5.69 Å². The van der Waals surface area contributed by atoms with Crippen molar-refractivity contribution in [3.05, 3.63) is 33.9 Å². The highest BCUT2D eigenvalue weighted by Gasteiger charge is 2.20. The normalized spacial score (nSPS) is 13.4. The number of hydrogen-bond acceptors (Lipinski definition) is 4. The van der Waals surface area contributed by atoms with Gasteiger partial charge in [-0.3, -0.25) is 10.1 Å². The Hall–Kier alpha value is -0.990. The molecule has 0 fully saturated rings. The van der Waals surface area contributed by atoms with Gasteiger partial charge in [0.05, 0.1) is 9.82 Å². The smallest absolute Gasteiger partial charge is 0.258 e. The second kappa shape index (κ2) is 4.48. The molecule has 16 heavy (non-hydrogen) atoms. The Bertz CT molecular complexity index is 527. The lowest BCUT2D eigenvalue weighted by Gasteiger charge is -2.09. The monoisotopic (exact) mass is 308 g/mol. The van der Waals surface area contributed by atoms with Gasteiger partial charge in [0, 0.05) is 17.0 Å². The molecule has 0 radical (unpaired) electrons. The second-order valence-corrected chi connectivity index (χ2v) is 6.04. The molecular weight excluding hydrogens is 300 g/mol. The fourth-order valence-electron chi connectivity index (χ4n) is 1.22. The van der Waals surface area contributed by atoms with Gasteiger partial charge in [0.2, 0.25) is 10.0 Å². The molecule has 1 unspecified atom stereocenters. The van der Waals surface area contributed by atoms with Crippen molar-refractivity contribution < 1.29 is 13.3 Å². The zero-order valence-electron chi connectivity index (χ0n) is 8.25. The van der Waals surface area contributed by atoms with Crippen molar-refractivity contribution in [2.45, 2.75) is 16.6 Å². The third-order valence-electron chi connectivity index (χ3n) is 1.94. The second-order valence-electron chi connectivity index (χ2n) is 3.14. The SMILES string of the molecule is CC(Br)c1cc([N+](=O)[O-])ccc1S(N)(=O)=O. The third kappa shape index (κ3) is 2.77. The molecule has 1 rings (SSSR count). The number of rotatable bonds is 3. The fraction of sp³-hybridized carbons (Fsp3) is 0.250. The molecule has 0 bridgehead atoms. The largest absolute Gasteiger partial charge is 0.269 e. The minimum absolute atomic E-state index is 0.109. The van der Waals surface area contributed by atoms with E-state index in [1.807, 2.05) is 0 Å². The Kier molecular flexibility index (Phi) is 3.66. The van der Waals surface area contributed by atoms with Crippen LogP contribution >= 0.6 is 15.9 Å². The molecular formula is C8H9BrN2O4S. The van der Waals surface area contributed by atoms with Crippen LogP contribution in [-0.4, -0.2) is 13.3 Å². The average molecular weight is 309 g/mol. The van der Waals surface area contributed by atoms with Gasteiger partial charge in [0.15, 0.2) is 0 Å². The molecule has 0 spiro atoms. The van der Waals surface area contributed by atoms with Crippen molar-refractivity contribution in [1.29, 1.82) is 0 Å². The molecule has 0 heterocycles. The van der Waals surface area contributed by atoms with Gasteiger partial charge in [-0.15, -0.1) is 0 Å². The first-order valence-corrected chi connectivity index (χ1v) is 6.65. The summed E-state index contributed by atoms with van der Waals surface area (Å²) in [5.41, 5.74) is 0.102. The van der Waals surface area contributed by atoms with Crippen LogP contribution in [0.5, 0.6) is 0 Å². The Morgan fingerprint density at radius 1 is 1.50 bits per heavy atom.